The first-order valence-electron chi connectivity index (χ1n) is 15.2. The standard InChI is InChI=1S/C31H47N9O5/c32-10-2-6-22(35)17-38-29(43)26(16-34)40-25(7-3-11-33)30(44)39-24(28(37)42)13-18-4-1-5-19(12-18)20-8-9-27(41)21(14-20)15-23(36)31(40)45/h1,4-5,8-9,12,14,22-26,41H,2-3,6-7,10-11,13,15-17,32-36H2,(H2,37,42)(H,38,43)(H,39,44)/t22-,23-,24-,25?,26-/m0/s1. The van der Waals surface area contributed by atoms with Crippen molar-refractivity contribution < 1.29 is 24.3 Å². The van der Waals surface area contributed by atoms with Crippen LogP contribution in [0.15, 0.2) is 42.5 Å². The summed E-state index contributed by atoms with van der Waals surface area (Å²) < 4.78 is 0. The second-order valence-corrected chi connectivity index (χ2v) is 11.4. The highest BCUT2D eigenvalue weighted by atomic mass is 16.3. The number of nitrogens with zero attached hydrogens (tertiary/aromatic N) is 1. The Hall–Kier alpha value is -4.08. The number of rotatable bonds is 12. The van der Waals surface area contributed by atoms with Crippen molar-refractivity contribution in [1.29, 1.82) is 0 Å². The molecule has 14 nitrogen and oxygen atoms in total. The van der Waals surface area contributed by atoms with Crippen molar-refractivity contribution in [2.45, 2.75) is 68.7 Å². The van der Waals surface area contributed by atoms with Crippen LogP contribution in [0.2, 0.25) is 0 Å². The van der Waals surface area contributed by atoms with E-state index in [4.69, 9.17) is 34.4 Å². The Morgan fingerprint density at radius 3 is 2.40 bits per heavy atom. The fourth-order valence-electron chi connectivity index (χ4n) is 5.46. The van der Waals surface area contributed by atoms with Gasteiger partial charge in [0, 0.05) is 32.0 Å². The highest BCUT2D eigenvalue weighted by molar-refractivity contribution is 5.96. The molecule has 0 aliphatic carbocycles. The molecule has 5 atom stereocenters. The van der Waals surface area contributed by atoms with Crippen LogP contribution in [-0.2, 0) is 32.0 Å². The maximum absolute atomic E-state index is 14.2. The maximum Gasteiger partial charge on any atom is 0.244 e. The summed E-state index contributed by atoms with van der Waals surface area (Å²) in [6.07, 6.45) is 1.54. The highest BCUT2D eigenvalue weighted by Gasteiger charge is 2.41. The molecule has 2 aromatic rings. The van der Waals surface area contributed by atoms with Gasteiger partial charge in [0.1, 0.15) is 23.9 Å². The molecule has 1 aliphatic rings. The number of benzene rings is 2. The molecule has 14 heteroatoms. The van der Waals surface area contributed by atoms with Crippen LogP contribution in [-0.4, -0.2) is 90.0 Å². The molecule has 1 unspecified atom stereocenters. The van der Waals surface area contributed by atoms with E-state index in [1.54, 1.807) is 18.2 Å². The number of hydrogen-bond acceptors (Lipinski definition) is 10. The zero-order chi connectivity index (χ0) is 33.1. The number of phenols is 1. The molecule has 15 N–H and O–H groups in total. The van der Waals surface area contributed by atoms with E-state index >= 15 is 0 Å². The molecule has 1 aliphatic heterocycles. The maximum atomic E-state index is 14.2. The molecule has 4 amide bonds. The van der Waals surface area contributed by atoms with Crippen LogP contribution < -0.4 is 45.0 Å². The minimum absolute atomic E-state index is 0.0439. The number of hydrogen-bond donors (Lipinski definition) is 9. The summed E-state index contributed by atoms with van der Waals surface area (Å²) in [5.74, 6) is -2.94. The zero-order valence-electron chi connectivity index (χ0n) is 25.5. The number of nitrogens with two attached hydrogens (primary N) is 6. The normalized spacial score (nSPS) is 20.4. The molecule has 3 rings (SSSR count). The summed E-state index contributed by atoms with van der Waals surface area (Å²) in [4.78, 5) is 55.3. The first kappa shape index (κ1) is 35.4. The molecule has 0 spiro atoms. The van der Waals surface area contributed by atoms with Crippen LogP contribution >= 0.6 is 0 Å². The summed E-state index contributed by atoms with van der Waals surface area (Å²) in [6.45, 7) is 0.369. The summed E-state index contributed by atoms with van der Waals surface area (Å²) in [6, 6.07) is 6.87. The van der Waals surface area contributed by atoms with E-state index in [0.29, 0.717) is 31.4 Å². The third-order valence-corrected chi connectivity index (χ3v) is 7.95. The molecule has 45 heavy (non-hydrogen) atoms. The van der Waals surface area contributed by atoms with Crippen molar-refractivity contribution in [2.75, 3.05) is 26.2 Å². The Labute approximate surface area is 263 Å². The monoisotopic (exact) mass is 625 g/mol. The predicted molar refractivity (Wildman–Crippen MR) is 171 cm³/mol. The van der Waals surface area contributed by atoms with Gasteiger partial charge in [-0.05, 0) is 73.2 Å². The van der Waals surface area contributed by atoms with Crippen LogP contribution in [0.5, 0.6) is 5.75 Å². The van der Waals surface area contributed by atoms with Crippen molar-refractivity contribution in [3.05, 3.63) is 53.6 Å². The Morgan fingerprint density at radius 2 is 1.73 bits per heavy atom. The molecular formula is C31H47N9O5. The third-order valence-electron chi connectivity index (χ3n) is 7.95. The average molecular weight is 626 g/mol. The van der Waals surface area contributed by atoms with Crippen LogP contribution in [0.25, 0.3) is 11.1 Å². The van der Waals surface area contributed by atoms with Gasteiger partial charge in [0.2, 0.25) is 23.6 Å². The highest BCUT2D eigenvalue weighted by Crippen LogP contribution is 2.28. The van der Waals surface area contributed by atoms with Crippen molar-refractivity contribution in [3.8, 4) is 16.9 Å². The van der Waals surface area contributed by atoms with Crippen LogP contribution in [0.1, 0.15) is 36.8 Å². The molecule has 0 saturated carbocycles. The lowest BCUT2D eigenvalue weighted by Gasteiger charge is -2.38. The van der Waals surface area contributed by atoms with Gasteiger partial charge >= 0.3 is 0 Å². The van der Waals surface area contributed by atoms with Crippen LogP contribution in [0.3, 0.4) is 0 Å². The zero-order valence-corrected chi connectivity index (χ0v) is 25.5. The Balaban J connectivity index is 2.12. The molecular weight excluding hydrogens is 578 g/mol. The molecule has 4 bridgehead atoms. The van der Waals surface area contributed by atoms with E-state index in [2.05, 4.69) is 10.6 Å². The molecule has 0 fully saturated rings. The van der Waals surface area contributed by atoms with E-state index in [1.807, 2.05) is 18.2 Å². The minimum atomic E-state index is -1.32. The summed E-state index contributed by atoms with van der Waals surface area (Å²) in [5.41, 5.74) is 38.4. The number of nitrogens with one attached hydrogen (secondary N) is 2. The molecule has 2 aromatic carbocycles. The molecule has 1 heterocycles. The van der Waals surface area contributed by atoms with Crippen LogP contribution in [0.4, 0.5) is 0 Å². The van der Waals surface area contributed by atoms with E-state index in [9.17, 15) is 24.3 Å². The predicted octanol–water partition coefficient (Wildman–Crippen LogP) is -2.10. The van der Waals surface area contributed by atoms with Crippen molar-refractivity contribution in [2.24, 2.45) is 34.4 Å². The largest absolute Gasteiger partial charge is 0.508 e. The van der Waals surface area contributed by atoms with E-state index < -0.39 is 53.8 Å². The van der Waals surface area contributed by atoms with Crippen molar-refractivity contribution in [1.82, 2.24) is 15.5 Å². The topological polar surface area (TPSA) is 272 Å². The molecule has 0 radical (unpaired) electrons. The number of amides is 4. The number of fused-ring (bicyclic) bond motifs is 5. The van der Waals surface area contributed by atoms with Crippen LogP contribution in [0, 0.1) is 0 Å². The first-order chi connectivity index (χ1) is 21.5. The average Bonchev–Trinajstić information content (AvgIpc) is 3.02. The van der Waals surface area contributed by atoms with Gasteiger partial charge in [0.05, 0.1) is 6.04 Å². The fraction of sp³-hybridized carbons (Fsp3) is 0.484. The number of carbonyl (C=O) groups excluding carboxylic acids is 4. The quantitative estimate of drug-likeness (QED) is 0.124. The lowest BCUT2D eigenvalue weighted by atomic mass is 9.95. The molecule has 0 aromatic heterocycles. The third kappa shape index (κ3) is 9.45. The fourth-order valence-corrected chi connectivity index (χ4v) is 5.46. The van der Waals surface area contributed by atoms with Gasteiger partial charge in [-0.25, -0.2) is 0 Å². The van der Waals surface area contributed by atoms with Crippen molar-refractivity contribution >= 4 is 23.6 Å². The van der Waals surface area contributed by atoms with Gasteiger partial charge in [0.25, 0.3) is 0 Å². The summed E-state index contributed by atoms with van der Waals surface area (Å²) >= 11 is 0. The van der Waals surface area contributed by atoms with Gasteiger partial charge in [-0.1, -0.05) is 30.3 Å². The molecule has 246 valence electrons. The second-order valence-electron chi connectivity index (χ2n) is 11.4. The van der Waals surface area contributed by atoms with Gasteiger partial charge < -0.3 is 55.0 Å². The lowest BCUT2D eigenvalue weighted by molar-refractivity contribution is -0.149. The first-order valence-corrected chi connectivity index (χ1v) is 15.2. The van der Waals surface area contributed by atoms with Gasteiger partial charge in [-0.2, -0.15) is 0 Å². The number of primary amides is 1. The summed E-state index contributed by atoms with van der Waals surface area (Å²) in [7, 11) is 0. The van der Waals surface area contributed by atoms with Gasteiger partial charge in [-0.3, -0.25) is 19.2 Å². The summed E-state index contributed by atoms with van der Waals surface area (Å²) in [5, 5.41) is 16.1. The molecule has 0 saturated heterocycles. The van der Waals surface area contributed by atoms with E-state index in [1.165, 1.54) is 6.07 Å². The van der Waals surface area contributed by atoms with Gasteiger partial charge in [-0.15, -0.1) is 0 Å². The Bertz CT molecular complexity index is 1340. The number of carbonyl (C=O) groups is 4. The Morgan fingerprint density at radius 1 is 1.02 bits per heavy atom. The smallest absolute Gasteiger partial charge is 0.244 e. The van der Waals surface area contributed by atoms with Gasteiger partial charge in [0.15, 0.2) is 0 Å². The minimum Gasteiger partial charge on any atom is -0.508 e. The SMILES string of the molecule is NCCCC1C(=O)N[C@H](C(N)=O)Cc2cccc(c2)-c2ccc(O)c(c2)C[C@H](N)C(=O)N1[C@@H](CN)C(=O)NC[C@@H](N)CCCN. The number of phenolic OH excluding ortho intramolecular Hbond substituents is 1. The van der Waals surface area contributed by atoms with Crippen molar-refractivity contribution in [3.63, 3.8) is 0 Å². The second kappa shape index (κ2) is 16.8. The number of aromatic hydroxyl groups is 1. The van der Waals surface area contributed by atoms with E-state index in [-0.39, 0.29) is 44.6 Å². The van der Waals surface area contributed by atoms with E-state index in [0.717, 1.165) is 21.6 Å². The Kier molecular flexibility index (Phi) is 13.2. The lowest BCUT2D eigenvalue weighted by Crippen LogP contribution is -2.64.